The lowest BCUT2D eigenvalue weighted by molar-refractivity contribution is -0.156. The van der Waals surface area contributed by atoms with E-state index in [9.17, 15) is 4.79 Å². The van der Waals surface area contributed by atoms with Crippen LogP contribution in [0.25, 0.3) is 0 Å². The number of carbonyl (C=O) groups is 1. The standard InChI is InChI=1S/C19H29N3O/c1-4-22-13(2)17(11-20-22)12-21(3)18(23)19-8-14-5-15(9-19)7-16(6-14)10-19/h11,14-16H,4-10,12H2,1-3H3. The number of rotatable bonds is 4. The summed E-state index contributed by atoms with van der Waals surface area (Å²) in [6, 6.07) is 0. The van der Waals surface area contributed by atoms with Gasteiger partial charge in [-0.3, -0.25) is 9.48 Å². The van der Waals surface area contributed by atoms with Crippen molar-refractivity contribution in [3.63, 3.8) is 0 Å². The van der Waals surface area contributed by atoms with Crippen molar-refractivity contribution in [3.8, 4) is 0 Å². The quantitative estimate of drug-likeness (QED) is 0.854. The maximum absolute atomic E-state index is 13.3. The fraction of sp³-hybridized carbons (Fsp3) is 0.789. The molecule has 0 radical (unpaired) electrons. The molecule has 4 nitrogen and oxygen atoms in total. The van der Waals surface area contributed by atoms with Crippen LogP contribution in [0, 0.1) is 30.1 Å². The first-order valence-electron chi connectivity index (χ1n) is 9.27. The molecule has 1 heterocycles. The lowest BCUT2D eigenvalue weighted by Gasteiger charge is -2.56. The third-order valence-corrected chi connectivity index (χ3v) is 6.75. The summed E-state index contributed by atoms with van der Waals surface area (Å²) in [5.41, 5.74) is 2.35. The van der Waals surface area contributed by atoms with E-state index in [2.05, 4.69) is 18.9 Å². The van der Waals surface area contributed by atoms with Gasteiger partial charge in [0, 0.05) is 31.4 Å². The number of aromatic nitrogens is 2. The van der Waals surface area contributed by atoms with Gasteiger partial charge in [-0.15, -0.1) is 0 Å². The summed E-state index contributed by atoms with van der Waals surface area (Å²) in [5, 5.41) is 4.42. The van der Waals surface area contributed by atoms with Crippen LogP contribution in [0.1, 0.15) is 56.7 Å². The third-order valence-electron chi connectivity index (χ3n) is 6.75. The van der Waals surface area contributed by atoms with Gasteiger partial charge in [-0.1, -0.05) is 0 Å². The summed E-state index contributed by atoms with van der Waals surface area (Å²) in [7, 11) is 1.99. The van der Waals surface area contributed by atoms with E-state index >= 15 is 0 Å². The average Bonchev–Trinajstić information content (AvgIpc) is 2.85. The Morgan fingerprint density at radius 2 is 1.83 bits per heavy atom. The molecular formula is C19H29N3O. The summed E-state index contributed by atoms with van der Waals surface area (Å²) in [5.74, 6) is 2.87. The monoisotopic (exact) mass is 315 g/mol. The fourth-order valence-corrected chi connectivity index (χ4v) is 6.06. The molecule has 4 fully saturated rings. The summed E-state index contributed by atoms with van der Waals surface area (Å²) < 4.78 is 2.01. The Kier molecular flexibility index (Phi) is 3.54. The molecule has 4 aliphatic rings. The van der Waals surface area contributed by atoms with Crippen molar-refractivity contribution in [1.82, 2.24) is 14.7 Å². The van der Waals surface area contributed by atoms with Gasteiger partial charge in [0.15, 0.2) is 0 Å². The smallest absolute Gasteiger partial charge is 0.228 e. The first-order valence-corrected chi connectivity index (χ1v) is 9.27. The molecule has 4 heteroatoms. The SMILES string of the molecule is CCn1ncc(CN(C)C(=O)C23CC4CC(CC(C4)C2)C3)c1C. The highest BCUT2D eigenvalue weighted by atomic mass is 16.2. The van der Waals surface area contributed by atoms with Crippen LogP contribution >= 0.6 is 0 Å². The minimum Gasteiger partial charge on any atom is -0.341 e. The highest BCUT2D eigenvalue weighted by molar-refractivity contribution is 5.83. The van der Waals surface area contributed by atoms with Gasteiger partial charge in [0.2, 0.25) is 5.91 Å². The van der Waals surface area contributed by atoms with Crippen LogP contribution in [0.3, 0.4) is 0 Å². The average molecular weight is 315 g/mol. The maximum atomic E-state index is 13.3. The molecule has 0 aromatic carbocycles. The second kappa shape index (κ2) is 5.35. The van der Waals surface area contributed by atoms with E-state index in [1.807, 2.05) is 22.8 Å². The molecule has 126 valence electrons. The van der Waals surface area contributed by atoms with E-state index in [-0.39, 0.29) is 5.41 Å². The summed E-state index contributed by atoms with van der Waals surface area (Å²) in [6.07, 6.45) is 9.54. The van der Waals surface area contributed by atoms with Crippen molar-refractivity contribution in [1.29, 1.82) is 0 Å². The number of hydrogen-bond donors (Lipinski definition) is 0. The van der Waals surface area contributed by atoms with Crippen LogP contribution in [-0.4, -0.2) is 27.6 Å². The van der Waals surface area contributed by atoms with E-state index in [1.54, 1.807) is 0 Å². The Bertz CT molecular complexity index is 583. The topological polar surface area (TPSA) is 38.1 Å². The van der Waals surface area contributed by atoms with Gasteiger partial charge in [-0.05, 0) is 70.1 Å². The molecule has 0 unspecified atom stereocenters. The summed E-state index contributed by atoms with van der Waals surface area (Å²) >= 11 is 0. The first-order chi connectivity index (χ1) is 11.0. The maximum Gasteiger partial charge on any atom is 0.228 e. The van der Waals surface area contributed by atoms with E-state index in [4.69, 9.17) is 0 Å². The second-order valence-corrected chi connectivity index (χ2v) is 8.43. The van der Waals surface area contributed by atoms with E-state index in [0.717, 1.165) is 43.6 Å². The predicted octanol–water partition coefficient (Wildman–Crippen LogP) is 3.39. The van der Waals surface area contributed by atoms with Crippen LogP contribution < -0.4 is 0 Å². The van der Waals surface area contributed by atoms with Crippen LogP contribution in [-0.2, 0) is 17.9 Å². The van der Waals surface area contributed by atoms with Gasteiger partial charge in [0.05, 0.1) is 11.6 Å². The Balaban J connectivity index is 1.51. The normalized spacial score (nSPS) is 34.8. The third kappa shape index (κ3) is 2.41. The number of carbonyl (C=O) groups excluding carboxylic acids is 1. The zero-order valence-corrected chi connectivity index (χ0v) is 14.7. The van der Waals surface area contributed by atoms with E-state index < -0.39 is 0 Å². The van der Waals surface area contributed by atoms with Gasteiger partial charge in [-0.25, -0.2) is 0 Å². The number of hydrogen-bond acceptors (Lipinski definition) is 2. The molecule has 23 heavy (non-hydrogen) atoms. The number of amides is 1. The van der Waals surface area contributed by atoms with Gasteiger partial charge in [-0.2, -0.15) is 5.10 Å². The minimum atomic E-state index is -0.0296. The second-order valence-electron chi connectivity index (χ2n) is 8.43. The molecule has 4 bridgehead atoms. The summed E-state index contributed by atoms with van der Waals surface area (Å²) in [4.78, 5) is 15.3. The fourth-order valence-electron chi connectivity index (χ4n) is 6.06. The van der Waals surface area contributed by atoms with Crippen molar-refractivity contribution < 1.29 is 4.79 Å². The van der Waals surface area contributed by atoms with Crippen LogP contribution in [0.5, 0.6) is 0 Å². The van der Waals surface area contributed by atoms with Crippen molar-refractivity contribution in [2.45, 2.75) is 65.5 Å². The lowest BCUT2D eigenvalue weighted by Crippen LogP contribution is -2.53. The molecular weight excluding hydrogens is 286 g/mol. The van der Waals surface area contributed by atoms with Crippen molar-refractivity contribution in [2.24, 2.45) is 23.2 Å². The highest BCUT2D eigenvalue weighted by Gasteiger charge is 2.55. The predicted molar refractivity (Wildman–Crippen MR) is 89.7 cm³/mol. The Morgan fingerprint density at radius 3 is 2.30 bits per heavy atom. The number of nitrogens with zero attached hydrogens (tertiary/aromatic N) is 3. The van der Waals surface area contributed by atoms with Gasteiger partial charge in [0.25, 0.3) is 0 Å². The number of aryl methyl sites for hydroxylation is 1. The van der Waals surface area contributed by atoms with Gasteiger partial charge in [0.1, 0.15) is 0 Å². The van der Waals surface area contributed by atoms with Crippen LogP contribution in [0.15, 0.2) is 6.20 Å². The Hall–Kier alpha value is -1.32. The molecule has 5 rings (SSSR count). The molecule has 1 amide bonds. The molecule has 4 saturated carbocycles. The van der Waals surface area contributed by atoms with E-state index in [1.165, 1.54) is 30.5 Å². The summed E-state index contributed by atoms with van der Waals surface area (Å²) in [6.45, 7) is 5.80. The largest absolute Gasteiger partial charge is 0.341 e. The lowest BCUT2D eigenvalue weighted by atomic mass is 9.49. The van der Waals surface area contributed by atoms with Crippen LogP contribution in [0.4, 0.5) is 0 Å². The molecule has 0 atom stereocenters. The van der Waals surface area contributed by atoms with Crippen LogP contribution in [0.2, 0.25) is 0 Å². The molecule has 0 saturated heterocycles. The molecule has 0 aliphatic heterocycles. The van der Waals surface area contributed by atoms with Gasteiger partial charge >= 0.3 is 0 Å². The Labute approximate surface area is 139 Å². The van der Waals surface area contributed by atoms with E-state index in [0.29, 0.717) is 12.5 Å². The van der Waals surface area contributed by atoms with Crippen molar-refractivity contribution in [3.05, 3.63) is 17.5 Å². The Morgan fingerprint density at radius 1 is 1.26 bits per heavy atom. The minimum absolute atomic E-state index is 0.0296. The molecule has 0 N–H and O–H groups in total. The zero-order valence-electron chi connectivity index (χ0n) is 14.7. The molecule has 0 spiro atoms. The zero-order chi connectivity index (χ0) is 16.2. The van der Waals surface area contributed by atoms with Crippen molar-refractivity contribution in [2.75, 3.05) is 7.05 Å². The molecule has 4 aliphatic carbocycles. The first kappa shape index (κ1) is 15.2. The van der Waals surface area contributed by atoms with Gasteiger partial charge < -0.3 is 4.90 Å². The molecule has 1 aromatic heterocycles. The highest BCUT2D eigenvalue weighted by Crippen LogP contribution is 2.60. The molecule has 1 aromatic rings. The van der Waals surface area contributed by atoms with Crippen molar-refractivity contribution >= 4 is 5.91 Å².